The fourth-order valence-corrected chi connectivity index (χ4v) is 2.75. The van der Waals surface area contributed by atoms with Crippen molar-refractivity contribution in [3.8, 4) is 0 Å². The van der Waals surface area contributed by atoms with E-state index in [0.717, 1.165) is 32.2 Å². The maximum Gasteiger partial charge on any atom is 0.332 e. The highest BCUT2D eigenvalue weighted by molar-refractivity contribution is 5.62. The van der Waals surface area contributed by atoms with E-state index < -0.39 is 4.92 Å². The summed E-state index contributed by atoms with van der Waals surface area (Å²) in [5.74, 6) is 0.447. The third kappa shape index (κ3) is 2.38. The molecule has 20 heavy (non-hydrogen) atoms. The van der Waals surface area contributed by atoms with Crippen molar-refractivity contribution in [3.63, 3.8) is 0 Å². The minimum Gasteiger partial charge on any atom is -0.368 e. The van der Waals surface area contributed by atoms with Gasteiger partial charge in [0.25, 0.3) is 0 Å². The Balaban J connectivity index is 1.84. The molecule has 0 bridgehead atoms. The molecule has 1 aromatic heterocycles. The van der Waals surface area contributed by atoms with Crippen molar-refractivity contribution < 1.29 is 4.92 Å². The van der Waals surface area contributed by atoms with Gasteiger partial charge in [0.05, 0.1) is 4.92 Å². The van der Waals surface area contributed by atoms with Crippen LogP contribution in [-0.4, -0.2) is 52.0 Å². The Hall–Kier alpha value is -1.96. The van der Waals surface area contributed by atoms with Crippen LogP contribution < -0.4 is 10.6 Å². The Bertz CT molecular complexity index is 537. The number of rotatable bonds is 3. The van der Waals surface area contributed by atoms with Gasteiger partial charge in [0.1, 0.15) is 5.69 Å². The van der Waals surface area contributed by atoms with Gasteiger partial charge in [-0.25, -0.2) is 4.98 Å². The van der Waals surface area contributed by atoms with Gasteiger partial charge in [-0.3, -0.25) is 15.0 Å². The van der Waals surface area contributed by atoms with E-state index in [9.17, 15) is 10.1 Å². The summed E-state index contributed by atoms with van der Waals surface area (Å²) in [4.78, 5) is 23.2. The minimum atomic E-state index is -0.419. The molecular formula is C12H18N6O2. The zero-order valence-electron chi connectivity index (χ0n) is 11.4. The molecule has 2 N–H and O–H groups in total. The van der Waals surface area contributed by atoms with E-state index in [4.69, 9.17) is 5.73 Å². The molecule has 1 aliphatic carbocycles. The SMILES string of the molecule is Cc1nc(N)nc(N2CCN(C3CC3)CC2)c1[N+](=O)[O-]. The Morgan fingerprint density at radius 2 is 1.90 bits per heavy atom. The van der Waals surface area contributed by atoms with E-state index in [2.05, 4.69) is 14.9 Å². The fourth-order valence-electron chi connectivity index (χ4n) is 2.75. The van der Waals surface area contributed by atoms with Gasteiger partial charge in [0, 0.05) is 32.2 Å². The van der Waals surface area contributed by atoms with Crippen LogP contribution in [0.1, 0.15) is 18.5 Å². The molecule has 1 saturated carbocycles. The van der Waals surface area contributed by atoms with Crippen molar-refractivity contribution in [1.82, 2.24) is 14.9 Å². The maximum atomic E-state index is 11.2. The summed E-state index contributed by atoms with van der Waals surface area (Å²) < 4.78 is 0. The zero-order valence-corrected chi connectivity index (χ0v) is 11.4. The van der Waals surface area contributed by atoms with Crippen LogP contribution >= 0.6 is 0 Å². The molecule has 0 spiro atoms. The Labute approximate surface area is 116 Å². The third-order valence-electron chi connectivity index (χ3n) is 3.92. The summed E-state index contributed by atoms with van der Waals surface area (Å²) in [6.07, 6.45) is 2.55. The third-order valence-corrected chi connectivity index (χ3v) is 3.92. The highest BCUT2D eigenvalue weighted by atomic mass is 16.6. The topological polar surface area (TPSA) is 101 Å². The second-order valence-electron chi connectivity index (χ2n) is 5.35. The predicted molar refractivity (Wildman–Crippen MR) is 74.6 cm³/mol. The largest absolute Gasteiger partial charge is 0.368 e. The number of anilines is 2. The average Bonchev–Trinajstić information content (AvgIpc) is 3.21. The fraction of sp³-hybridized carbons (Fsp3) is 0.667. The van der Waals surface area contributed by atoms with Crippen molar-refractivity contribution in [1.29, 1.82) is 0 Å². The van der Waals surface area contributed by atoms with E-state index in [1.807, 2.05) is 4.90 Å². The average molecular weight is 278 g/mol. The number of nitrogens with two attached hydrogens (primary N) is 1. The molecule has 0 aromatic carbocycles. The molecule has 0 amide bonds. The molecule has 1 saturated heterocycles. The standard InChI is InChI=1S/C12H18N6O2/c1-8-10(18(19)20)11(15-12(13)14-8)17-6-4-16(5-7-17)9-2-3-9/h9H,2-7H2,1H3,(H2,13,14,15). The van der Waals surface area contributed by atoms with Gasteiger partial charge in [0.2, 0.25) is 11.8 Å². The molecule has 1 aromatic rings. The molecule has 108 valence electrons. The van der Waals surface area contributed by atoms with Crippen molar-refractivity contribution in [3.05, 3.63) is 15.8 Å². The van der Waals surface area contributed by atoms with Gasteiger partial charge in [-0.2, -0.15) is 4.98 Å². The highest BCUT2D eigenvalue weighted by Crippen LogP contribution is 2.32. The van der Waals surface area contributed by atoms with Gasteiger partial charge in [-0.1, -0.05) is 0 Å². The molecule has 2 fully saturated rings. The van der Waals surface area contributed by atoms with Crippen LogP contribution in [0.2, 0.25) is 0 Å². The van der Waals surface area contributed by atoms with Gasteiger partial charge < -0.3 is 10.6 Å². The molecule has 2 heterocycles. The van der Waals surface area contributed by atoms with Crippen molar-refractivity contribution in [2.45, 2.75) is 25.8 Å². The number of nitro groups is 1. The predicted octanol–water partition coefficient (Wildman–Crippen LogP) is 0.560. The summed E-state index contributed by atoms with van der Waals surface area (Å²) in [6.45, 7) is 4.93. The highest BCUT2D eigenvalue weighted by Gasteiger charge is 2.33. The summed E-state index contributed by atoms with van der Waals surface area (Å²) in [7, 11) is 0. The first kappa shape index (κ1) is 13.0. The Kier molecular flexibility index (Phi) is 3.17. The molecule has 8 heteroatoms. The molecule has 0 unspecified atom stereocenters. The normalized spacial score (nSPS) is 20.1. The van der Waals surface area contributed by atoms with Gasteiger partial charge in [-0.15, -0.1) is 0 Å². The van der Waals surface area contributed by atoms with Crippen LogP contribution in [0.4, 0.5) is 17.5 Å². The zero-order chi connectivity index (χ0) is 14.3. The number of hydrogen-bond acceptors (Lipinski definition) is 7. The van der Waals surface area contributed by atoms with E-state index in [0.29, 0.717) is 11.5 Å². The number of piperazine rings is 1. The second-order valence-corrected chi connectivity index (χ2v) is 5.35. The molecule has 0 radical (unpaired) electrons. The first-order valence-electron chi connectivity index (χ1n) is 6.84. The minimum absolute atomic E-state index is 0.0286. The monoisotopic (exact) mass is 278 g/mol. The molecule has 3 rings (SSSR count). The Morgan fingerprint density at radius 3 is 2.45 bits per heavy atom. The molecule has 8 nitrogen and oxygen atoms in total. The molecule has 2 aliphatic rings. The smallest absolute Gasteiger partial charge is 0.332 e. The number of nitrogens with zero attached hydrogens (tertiary/aromatic N) is 5. The van der Waals surface area contributed by atoms with E-state index in [1.54, 1.807) is 6.92 Å². The van der Waals surface area contributed by atoms with E-state index in [-0.39, 0.29) is 11.6 Å². The lowest BCUT2D eigenvalue weighted by atomic mass is 10.2. The lowest BCUT2D eigenvalue weighted by molar-refractivity contribution is -0.385. The summed E-state index contributed by atoms with van der Waals surface area (Å²) in [5, 5.41) is 11.2. The maximum absolute atomic E-state index is 11.2. The molecule has 0 atom stereocenters. The number of hydrogen-bond donors (Lipinski definition) is 1. The summed E-state index contributed by atoms with van der Waals surface area (Å²) in [5.41, 5.74) is 5.93. The van der Waals surface area contributed by atoms with Crippen LogP contribution in [0.15, 0.2) is 0 Å². The molecule has 1 aliphatic heterocycles. The van der Waals surface area contributed by atoms with E-state index in [1.165, 1.54) is 12.8 Å². The first-order chi connectivity index (χ1) is 9.56. The first-order valence-corrected chi connectivity index (χ1v) is 6.84. The quantitative estimate of drug-likeness (QED) is 0.636. The van der Waals surface area contributed by atoms with Gasteiger partial charge in [-0.05, 0) is 19.8 Å². The summed E-state index contributed by atoms with van der Waals surface area (Å²) >= 11 is 0. The van der Waals surface area contributed by atoms with Gasteiger partial charge in [0.15, 0.2) is 0 Å². The lowest BCUT2D eigenvalue weighted by Crippen LogP contribution is -2.47. The van der Waals surface area contributed by atoms with Crippen LogP contribution in [0.5, 0.6) is 0 Å². The lowest BCUT2D eigenvalue weighted by Gasteiger charge is -2.35. The number of aryl methyl sites for hydroxylation is 1. The van der Waals surface area contributed by atoms with Crippen LogP contribution in [0.3, 0.4) is 0 Å². The van der Waals surface area contributed by atoms with Crippen molar-refractivity contribution >= 4 is 17.5 Å². The van der Waals surface area contributed by atoms with E-state index >= 15 is 0 Å². The van der Waals surface area contributed by atoms with Gasteiger partial charge >= 0.3 is 5.69 Å². The van der Waals surface area contributed by atoms with Crippen molar-refractivity contribution in [2.75, 3.05) is 36.8 Å². The second kappa shape index (κ2) is 4.86. The van der Waals surface area contributed by atoms with Crippen LogP contribution in [0.25, 0.3) is 0 Å². The number of aromatic nitrogens is 2. The number of nitrogen functional groups attached to an aromatic ring is 1. The van der Waals surface area contributed by atoms with Crippen molar-refractivity contribution in [2.24, 2.45) is 0 Å². The summed E-state index contributed by atoms with van der Waals surface area (Å²) in [6, 6.07) is 0.726. The van der Waals surface area contributed by atoms with Crippen LogP contribution in [-0.2, 0) is 0 Å². The molecular weight excluding hydrogens is 260 g/mol. The Morgan fingerprint density at radius 1 is 1.25 bits per heavy atom. The van der Waals surface area contributed by atoms with Crippen LogP contribution in [0, 0.1) is 17.0 Å².